The van der Waals surface area contributed by atoms with Crippen LogP contribution in [0.5, 0.6) is 11.5 Å². The molecule has 7 heteroatoms. The number of pyridine rings is 1. The zero-order valence-electron chi connectivity index (χ0n) is 23.5. The third-order valence-corrected chi connectivity index (χ3v) is 7.99. The van der Waals surface area contributed by atoms with Gasteiger partial charge in [-0.25, -0.2) is 4.39 Å². The van der Waals surface area contributed by atoms with E-state index in [2.05, 4.69) is 37.1 Å². The van der Waals surface area contributed by atoms with Crippen molar-refractivity contribution < 1.29 is 13.9 Å². The van der Waals surface area contributed by atoms with Gasteiger partial charge in [-0.05, 0) is 60.6 Å². The largest absolute Gasteiger partial charge is 0.488 e. The van der Waals surface area contributed by atoms with Crippen LogP contribution in [0, 0.1) is 23.1 Å². The Labute approximate surface area is 245 Å². The van der Waals surface area contributed by atoms with Crippen molar-refractivity contribution in [3.63, 3.8) is 0 Å². The summed E-state index contributed by atoms with van der Waals surface area (Å²) in [6, 6.07) is 20.7. The van der Waals surface area contributed by atoms with Crippen LogP contribution in [0.1, 0.15) is 61.1 Å². The van der Waals surface area contributed by atoms with Crippen molar-refractivity contribution in [2.24, 2.45) is 5.92 Å². The quantitative estimate of drug-likeness (QED) is 0.208. The van der Waals surface area contributed by atoms with E-state index >= 15 is 0 Å². The molecule has 1 aliphatic carbocycles. The van der Waals surface area contributed by atoms with Gasteiger partial charge < -0.3 is 14.8 Å². The Morgan fingerprint density at radius 2 is 1.85 bits per heavy atom. The van der Waals surface area contributed by atoms with Crippen molar-refractivity contribution in [2.75, 3.05) is 0 Å². The SMILES string of the molecule is CC(C)[C@H](C)NCc1cc(Cl)c(O[C@H]2CCc3c(-c4ccccc4F)cccc32)cc1OCc1cncc(C#N)c1. The molecule has 1 heterocycles. The first-order chi connectivity index (χ1) is 19.8. The molecule has 0 spiro atoms. The Hall–Kier alpha value is -3.92. The molecule has 0 radical (unpaired) electrons. The number of nitrogens with one attached hydrogen (secondary N) is 1. The summed E-state index contributed by atoms with van der Waals surface area (Å²) in [4.78, 5) is 4.14. The van der Waals surface area contributed by atoms with Crippen LogP contribution in [0.3, 0.4) is 0 Å². The van der Waals surface area contributed by atoms with Crippen LogP contribution >= 0.6 is 11.6 Å². The van der Waals surface area contributed by atoms with E-state index in [9.17, 15) is 9.65 Å². The molecule has 0 fully saturated rings. The molecule has 1 aliphatic rings. The monoisotopic (exact) mass is 569 g/mol. The van der Waals surface area contributed by atoms with Gasteiger partial charge in [0, 0.05) is 47.7 Å². The van der Waals surface area contributed by atoms with Gasteiger partial charge in [-0.3, -0.25) is 4.98 Å². The molecule has 210 valence electrons. The number of benzene rings is 3. The molecular formula is C34H33ClFN3O2. The highest BCUT2D eigenvalue weighted by atomic mass is 35.5. The Kier molecular flexibility index (Phi) is 8.87. The second-order valence-corrected chi connectivity index (χ2v) is 11.2. The zero-order valence-corrected chi connectivity index (χ0v) is 24.2. The average molecular weight is 570 g/mol. The molecule has 5 nitrogen and oxygen atoms in total. The summed E-state index contributed by atoms with van der Waals surface area (Å²) in [5, 5.41) is 13.3. The molecule has 0 saturated carbocycles. The van der Waals surface area contributed by atoms with Gasteiger partial charge >= 0.3 is 0 Å². The van der Waals surface area contributed by atoms with E-state index in [0.29, 0.717) is 46.2 Å². The van der Waals surface area contributed by atoms with E-state index in [0.717, 1.165) is 40.7 Å². The summed E-state index contributed by atoms with van der Waals surface area (Å²) < 4.78 is 27.4. The van der Waals surface area contributed by atoms with Crippen LogP contribution < -0.4 is 14.8 Å². The minimum Gasteiger partial charge on any atom is -0.488 e. The van der Waals surface area contributed by atoms with E-state index < -0.39 is 0 Å². The molecule has 41 heavy (non-hydrogen) atoms. The number of rotatable bonds is 10. The van der Waals surface area contributed by atoms with E-state index in [1.807, 2.05) is 42.5 Å². The summed E-state index contributed by atoms with van der Waals surface area (Å²) >= 11 is 6.79. The first-order valence-corrected chi connectivity index (χ1v) is 14.3. The highest BCUT2D eigenvalue weighted by molar-refractivity contribution is 6.32. The van der Waals surface area contributed by atoms with E-state index in [1.54, 1.807) is 18.3 Å². The standard InChI is InChI=1S/C34H33ClFN3O2/c1-21(2)22(3)39-19-25-14-30(35)34(15-33(25)40-20-24-13-23(16-37)17-38-18-24)41-32-12-11-27-26(8-6-9-29(27)32)28-7-4-5-10-31(28)36/h4-10,13-15,17-18,21-22,32,39H,11-12,19-20H2,1-3H3/t22-,32-/m0/s1. The number of ether oxygens (including phenoxy) is 2. The lowest BCUT2D eigenvalue weighted by Crippen LogP contribution is -2.30. The Balaban J connectivity index is 1.42. The van der Waals surface area contributed by atoms with Gasteiger partial charge in [0.25, 0.3) is 0 Å². The lowest BCUT2D eigenvalue weighted by atomic mass is 9.96. The predicted molar refractivity (Wildman–Crippen MR) is 159 cm³/mol. The predicted octanol–water partition coefficient (Wildman–Crippen LogP) is 8.19. The fourth-order valence-electron chi connectivity index (χ4n) is 5.06. The third kappa shape index (κ3) is 6.53. The minimum atomic E-state index is -0.235. The highest BCUT2D eigenvalue weighted by Gasteiger charge is 2.28. The van der Waals surface area contributed by atoms with Crippen LogP contribution in [-0.2, 0) is 19.6 Å². The summed E-state index contributed by atoms with van der Waals surface area (Å²) in [6.45, 7) is 7.31. The van der Waals surface area contributed by atoms with Crippen molar-refractivity contribution in [2.45, 2.75) is 58.9 Å². The summed E-state index contributed by atoms with van der Waals surface area (Å²) in [5.74, 6) is 1.41. The van der Waals surface area contributed by atoms with E-state index in [-0.39, 0.29) is 18.5 Å². The molecule has 2 atom stereocenters. The number of nitrogens with zero attached hydrogens (tertiary/aromatic N) is 2. The molecule has 0 aliphatic heterocycles. The number of hydrogen-bond donors (Lipinski definition) is 1. The topological polar surface area (TPSA) is 67.2 Å². The molecular weight excluding hydrogens is 537 g/mol. The summed E-state index contributed by atoms with van der Waals surface area (Å²) in [5.41, 5.74) is 5.82. The average Bonchev–Trinajstić information content (AvgIpc) is 3.39. The highest BCUT2D eigenvalue weighted by Crippen LogP contribution is 2.43. The Morgan fingerprint density at radius 1 is 1.05 bits per heavy atom. The third-order valence-electron chi connectivity index (χ3n) is 7.70. The normalized spacial score (nSPS) is 14.9. The van der Waals surface area contributed by atoms with Crippen LogP contribution in [0.2, 0.25) is 5.02 Å². The maximum atomic E-state index is 14.6. The molecule has 5 rings (SSSR count). The van der Waals surface area contributed by atoms with Crippen LogP contribution in [0.25, 0.3) is 11.1 Å². The van der Waals surface area contributed by atoms with Gasteiger partial charge in [-0.2, -0.15) is 5.26 Å². The van der Waals surface area contributed by atoms with Crippen molar-refractivity contribution in [1.82, 2.24) is 10.3 Å². The lowest BCUT2D eigenvalue weighted by molar-refractivity contribution is 0.206. The number of hydrogen-bond acceptors (Lipinski definition) is 5. The molecule has 0 amide bonds. The fourth-order valence-corrected chi connectivity index (χ4v) is 5.29. The molecule has 0 unspecified atom stereocenters. The van der Waals surface area contributed by atoms with E-state index in [1.165, 1.54) is 12.3 Å². The molecule has 1 N–H and O–H groups in total. The van der Waals surface area contributed by atoms with Crippen LogP contribution in [0.15, 0.2) is 73.1 Å². The Morgan fingerprint density at radius 3 is 2.63 bits per heavy atom. The van der Waals surface area contributed by atoms with Gasteiger partial charge in [0.1, 0.15) is 36.1 Å². The number of aromatic nitrogens is 1. The second-order valence-electron chi connectivity index (χ2n) is 10.8. The van der Waals surface area contributed by atoms with Crippen molar-refractivity contribution in [3.8, 4) is 28.7 Å². The number of nitriles is 1. The zero-order chi connectivity index (χ0) is 28.9. The van der Waals surface area contributed by atoms with Crippen LogP contribution in [0.4, 0.5) is 4.39 Å². The molecule has 4 aromatic rings. The Bertz CT molecular complexity index is 1580. The van der Waals surface area contributed by atoms with Gasteiger partial charge in [0.05, 0.1) is 10.6 Å². The van der Waals surface area contributed by atoms with E-state index in [4.69, 9.17) is 21.1 Å². The summed E-state index contributed by atoms with van der Waals surface area (Å²) in [6.07, 6.45) is 4.54. The lowest BCUT2D eigenvalue weighted by Gasteiger charge is -2.21. The van der Waals surface area contributed by atoms with Gasteiger partial charge in [-0.1, -0.05) is 61.8 Å². The first-order valence-electron chi connectivity index (χ1n) is 13.9. The van der Waals surface area contributed by atoms with Gasteiger partial charge in [0.2, 0.25) is 0 Å². The number of fused-ring (bicyclic) bond motifs is 1. The molecule has 3 aromatic carbocycles. The first kappa shape index (κ1) is 28.6. The second kappa shape index (κ2) is 12.7. The van der Waals surface area contributed by atoms with Crippen molar-refractivity contribution in [3.05, 3.63) is 112 Å². The van der Waals surface area contributed by atoms with Crippen molar-refractivity contribution in [1.29, 1.82) is 5.26 Å². The fraction of sp³-hybridized carbons (Fsp3) is 0.294. The molecule has 1 aromatic heterocycles. The minimum absolute atomic E-state index is 0.219. The summed E-state index contributed by atoms with van der Waals surface area (Å²) in [7, 11) is 0. The number of halogens is 2. The van der Waals surface area contributed by atoms with Crippen LogP contribution in [-0.4, -0.2) is 11.0 Å². The molecule has 0 bridgehead atoms. The van der Waals surface area contributed by atoms with Crippen molar-refractivity contribution >= 4 is 11.6 Å². The van der Waals surface area contributed by atoms with Gasteiger partial charge in [-0.15, -0.1) is 0 Å². The smallest absolute Gasteiger partial charge is 0.142 e. The van der Waals surface area contributed by atoms with Gasteiger partial charge in [0.15, 0.2) is 0 Å². The maximum absolute atomic E-state index is 14.6. The molecule has 0 saturated heterocycles. The maximum Gasteiger partial charge on any atom is 0.142 e.